The molecule has 2 rings (SSSR count). The summed E-state index contributed by atoms with van der Waals surface area (Å²) < 4.78 is 10.3. The van der Waals surface area contributed by atoms with E-state index in [9.17, 15) is 4.79 Å². The smallest absolute Gasteiger partial charge is 0.335 e. The van der Waals surface area contributed by atoms with Gasteiger partial charge in [0.25, 0.3) is 0 Å². The molecule has 0 amide bonds. The molecule has 0 spiro atoms. The summed E-state index contributed by atoms with van der Waals surface area (Å²) in [6, 6.07) is 0.580. The van der Waals surface area contributed by atoms with Gasteiger partial charge in [0.15, 0.2) is 6.10 Å². The molecule has 4 nitrogen and oxygen atoms in total. The summed E-state index contributed by atoms with van der Waals surface area (Å²) in [5.74, 6) is -0.188. The van der Waals surface area contributed by atoms with E-state index in [-0.39, 0.29) is 12.1 Å². The molecule has 4 heteroatoms. The summed E-state index contributed by atoms with van der Waals surface area (Å²) in [6.45, 7) is 2.30. The largest absolute Gasteiger partial charge is 0.464 e. The summed E-state index contributed by atoms with van der Waals surface area (Å²) in [6.07, 6.45) is 5.25. The lowest BCUT2D eigenvalue weighted by atomic mass is 10.0. The lowest BCUT2D eigenvalue weighted by molar-refractivity contribution is -0.147. The fourth-order valence-electron chi connectivity index (χ4n) is 2.15. The molecule has 0 radical (unpaired) electrons. The van der Waals surface area contributed by atoms with E-state index < -0.39 is 0 Å². The van der Waals surface area contributed by atoms with Crippen molar-refractivity contribution in [2.45, 2.75) is 44.2 Å². The maximum Gasteiger partial charge on any atom is 0.335 e. The van der Waals surface area contributed by atoms with Crippen LogP contribution in [0.5, 0.6) is 0 Å². The SMILES string of the molecule is O=C1OCCC1OCCC1CCCCN1. The molecule has 86 valence electrons. The molecule has 15 heavy (non-hydrogen) atoms. The zero-order valence-electron chi connectivity index (χ0n) is 9.04. The Kier molecular flexibility index (Phi) is 3.97. The van der Waals surface area contributed by atoms with Gasteiger partial charge >= 0.3 is 5.97 Å². The zero-order valence-corrected chi connectivity index (χ0v) is 9.04. The molecular formula is C11H19NO3. The van der Waals surface area contributed by atoms with E-state index in [1.807, 2.05) is 0 Å². The second-order valence-corrected chi connectivity index (χ2v) is 4.25. The minimum absolute atomic E-state index is 0.188. The first-order valence-electron chi connectivity index (χ1n) is 5.88. The number of rotatable bonds is 4. The minimum Gasteiger partial charge on any atom is -0.464 e. The van der Waals surface area contributed by atoms with Crippen LogP contribution in [0, 0.1) is 0 Å². The van der Waals surface area contributed by atoms with E-state index in [2.05, 4.69) is 5.32 Å². The Labute approximate surface area is 90.3 Å². The van der Waals surface area contributed by atoms with Gasteiger partial charge in [-0.15, -0.1) is 0 Å². The molecule has 1 N–H and O–H groups in total. The first-order valence-corrected chi connectivity index (χ1v) is 5.88. The fourth-order valence-corrected chi connectivity index (χ4v) is 2.15. The van der Waals surface area contributed by atoms with Crippen molar-refractivity contribution in [1.82, 2.24) is 5.32 Å². The van der Waals surface area contributed by atoms with Gasteiger partial charge in [0.1, 0.15) is 0 Å². The zero-order chi connectivity index (χ0) is 10.5. The number of hydrogen-bond acceptors (Lipinski definition) is 4. The van der Waals surface area contributed by atoms with Crippen molar-refractivity contribution in [3.05, 3.63) is 0 Å². The van der Waals surface area contributed by atoms with Crippen LogP contribution in [-0.2, 0) is 14.3 Å². The molecule has 2 atom stereocenters. The number of esters is 1. The van der Waals surface area contributed by atoms with E-state index in [1.54, 1.807) is 0 Å². The summed E-state index contributed by atoms with van der Waals surface area (Å²) >= 11 is 0. The van der Waals surface area contributed by atoms with E-state index >= 15 is 0 Å². The summed E-state index contributed by atoms with van der Waals surface area (Å²) in [5.41, 5.74) is 0. The van der Waals surface area contributed by atoms with Crippen molar-refractivity contribution < 1.29 is 14.3 Å². The van der Waals surface area contributed by atoms with E-state index in [0.717, 1.165) is 19.4 Å². The number of nitrogens with one attached hydrogen (secondary N) is 1. The topological polar surface area (TPSA) is 47.6 Å². The lowest BCUT2D eigenvalue weighted by Gasteiger charge is -2.23. The molecule has 0 aromatic heterocycles. The number of piperidine rings is 1. The standard InChI is InChI=1S/C11H19NO3/c13-11-10(5-8-15-11)14-7-4-9-3-1-2-6-12-9/h9-10,12H,1-8H2. The predicted molar refractivity (Wildman–Crippen MR) is 55.6 cm³/mol. The maximum absolute atomic E-state index is 11.1. The Hall–Kier alpha value is -0.610. The third-order valence-corrected chi connectivity index (χ3v) is 3.08. The van der Waals surface area contributed by atoms with E-state index in [1.165, 1.54) is 19.3 Å². The summed E-state index contributed by atoms with van der Waals surface area (Å²) in [5, 5.41) is 3.46. The average Bonchev–Trinajstić information content (AvgIpc) is 2.66. The average molecular weight is 213 g/mol. The van der Waals surface area contributed by atoms with Gasteiger partial charge in [0, 0.05) is 19.1 Å². The number of carbonyl (C=O) groups excluding carboxylic acids is 1. The number of cyclic esters (lactones) is 1. The lowest BCUT2D eigenvalue weighted by Crippen LogP contribution is -2.35. The molecule has 2 fully saturated rings. The molecule has 2 saturated heterocycles. The van der Waals surface area contributed by atoms with Crippen LogP contribution in [0.4, 0.5) is 0 Å². The van der Waals surface area contributed by atoms with Crippen LogP contribution in [-0.4, -0.2) is 37.9 Å². The van der Waals surface area contributed by atoms with Crippen LogP contribution in [0.15, 0.2) is 0 Å². The van der Waals surface area contributed by atoms with Crippen LogP contribution < -0.4 is 5.32 Å². The monoisotopic (exact) mass is 213 g/mol. The maximum atomic E-state index is 11.1. The summed E-state index contributed by atoms with van der Waals surface area (Å²) in [7, 11) is 0. The molecule has 0 aromatic rings. The molecule has 0 bridgehead atoms. The van der Waals surface area contributed by atoms with Crippen molar-refractivity contribution in [3.63, 3.8) is 0 Å². The van der Waals surface area contributed by atoms with Gasteiger partial charge in [0.2, 0.25) is 0 Å². The highest BCUT2D eigenvalue weighted by Gasteiger charge is 2.27. The van der Waals surface area contributed by atoms with E-state index in [4.69, 9.17) is 9.47 Å². The molecule has 2 aliphatic heterocycles. The normalized spacial score (nSPS) is 31.6. The second kappa shape index (κ2) is 5.47. The highest BCUT2D eigenvalue weighted by atomic mass is 16.6. The molecule has 0 saturated carbocycles. The Bertz CT molecular complexity index is 214. The van der Waals surface area contributed by atoms with Gasteiger partial charge in [-0.2, -0.15) is 0 Å². The van der Waals surface area contributed by atoms with Crippen LogP contribution in [0.1, 0.15) is 32.1 Å². The van der Waals surface area contributed by atoms with Gasteiger partial charge in [-0.25, -0.2) is 4.79 Å². The molecule has 0 aromatic carbocycles. The van der Waals surface area contributed by atoms with Crippen molar-refractivity contribution in [2.75, 3.05) is 19.8 Å². The van der Waals surface area contributed by atoms with Crippen LogP contribution in [0.25, 0.3) is 0 Å². The summed E-state index contributed by atoms with van der Waals surface area (Å²) in [4.78, 5) is 11.1. The Balaban J connectivity index is 1.59. The van der Waals surface area contributed by atoms with Crippen molar-refractivity contribution in [3.8, 4) is 0 Å². The van der Waals surface area contributed by atoms with Gasteiger partial charge < -0.3 is 14.8 Å². The Morgan fingerprint density at radius 2 is 2.33 bits per heavy atom. The Morgan fingerprint density at radius 1 is 1.40 bits per heavy atom. The highest BCUT2D eigenvalue weighted by Crippen LogP contribution is 2.13. The first-order chi connectivity index (χ1) is 7.36. The van der Waals surface area contributed by atoms with E-state index in [0.29, 0.717) is 19.3 Å². The van der Waals surface area contributed by atoms with Gasteiger partial charge in [-0.05, 0) is 25.8 Å². The first kappa shape index (κ1) is 10.9. The van der Waals surface area contributed by atoms with Crippen LogP contribution in [0.3, 0.4) is 0 Å². The number of ether oxygens (including phenoxy) is 2. The third kappa shape index (κ3) is 3.18. The van der Waals surface area contributed by atoms with Gasteiger partial charge in [0.05, 0.1) is 6.61 Å². The minimum atomic E-state index is -0.298. The molecule has 2 unspecified atom stereocenters. The Morgan fingerprint density at radius 3 is 3.00 bits per heavy atom. The quantitative estimate of drug-likeness (QED) is 0.703. The van der Waals surface area contributed by atoms with Crippen LogP contribution in [0.2, 0.25) is 0 Å². The van der Waals surface area contributed by atoms with Crippen molar-refractivity contribution in [1.29, 1.82) is 0 Å². The van der Waals surface area contributed by atoms with Crippen molar-refractivity contribution >= 4 is 5.97 Å². The molecule has 2 aliphatic rings. The third-order valence-electron chi connectivity index (χ3n) is 3.08. The predicted octanol–water partition coefficient (Wildman–Crippen LogP) is 0.851. The van der Waals surface area contributed by atoms with Crippen molar-refractivity contribution in [2.24, 2.45) is 0 Å². The van der Waals surface area contributed by atoms with Gasteiger partial charge in [-0.1, -0.05) is 6.42 Å². The second-order valence-electron chi connectivity index (χ2n) is 4.25. The number of carbonyl (C=O) groups is 1. The molecule has 2 heterocycles. The molecule has 0 aliphatic carbocycles. The highest BCUT2D eigenvalue weighted by molar-refractivity contribution is 5.76. The fraction of sp³-hybridized carbons (Fsp3) is 0.909. The van der Waals surface area contributed by atoms with Gasteiger partial charge in [-0.3, -0.25) is 0 Å². The molecular weight excluding hydrogens is 194 g/mol. The number of hydrogen-bond donors (Lipinski definition) is 1. The van der Waals surface area contributed by atoms with Crippen LogP contribution >= 0.6 is 0 Å².